The highest BCUT2D eigenvalue weighted by atomic mass is 16.7. The Labute approximate surface area is 206 Å². The molecule has 0 aromatic heterocycles. The van der Waals surface area contributed by atoms with Crippen LogP contribution in [-0.2, 0) is 20.7 Å². The smallest absolute Gasteiger partial charge is 0.198 e. The number of Topliss-reactive ketones (excluding diaryl/α,β-unsaturated/α-hetero) is 1. The summed E-state index contributed by atoms with van der Waals surface area (Å²) in [5.41, 5.74) is 10.7. The molecule has 0 bridgehead atoms. The van der Waals surface area contributed by atoms with Crippen molar-refractivity contribution in [2.24, 2.45) is 11.5 Å². The van der Waals surface area contributed by atoms with Crippen molar-refractivity contribution >= 4 is 17.3 Å². The Hall–Kier alpha value is -3.15. The predicted molar refractivity (Wildman–Crippen MR) is 126 cm³/mol. The SMILES string of the molecule is CC(=O)C1(N)Cc2c(O)c3c(c(O)c2C(O[C@H]2C[C@H](N)[C@@H](O)[C@@H](C)O2)C1)C(=O)c1ccccc1C3=O. The number of hydrogen-bond acceptors (Lipinski definition) is 10. The Balaban J connectivity index is 1.66. The van der Waals surface area contributed by atoms with Crippen molar-refractivity contribution in [1.82, 2.24) is 0 Å². The van der Waals surface area contributed by atoms with Gasteiger partial charge in [-0.25, -0.2) is 0 Å². The molecule has 1 aliphatic heterocycles. The number of fused-ring (bicyclic) bond motifs is 3. The van der Waals surface area contributed by atoms with E-state index in [-0.39, 0.29) is 58.4 Å². The highest BCUT2D eigenvalue weighted by Crippen LogP contribution is 2.51. The van der Waals surface area contributed by atoms with Crippen LogP contribution in [0.3, 0.4) is 0 Å². The average Bonchev–Trinajstić information content (AvgIpc) is 2.82. The molecule has 2 unspecified atom stereocenters. The number of ketones is 3. The minimum atomic E-state index is -1.47. The summed E-state index contributed by atoms with van der Waals surface area (Å²) in [4.78, 5) is 39.2. The third-order valence-corrected chi connectivity index (χ3v) is 7.59. The molecule has 36 heavy (non-hydrogen) atoms. The highest BCUT2D eigenvalue weighted by molar-refractivity contribution is 6.30. The van der Waals surface area contributed by atoms with E-state index in [2.05, 4.69) is 0 Å². The van der Waals surface area contributed by atoms with Gasteiger partial charge in [0.2, 0.25) is 0 Å². The van der Waals surface area contributed by atoms with Crippen molar-refractivity contribution in [1.29, 1.82) is 0 Å². The van der Waals surface area contributed by atoms with E-state index in [1.165, 1.54) is 19.1 Å². The fourth-order valence-corrected chi connectivity index (χ4v) is 5.47. The quantitative estimate of drug-likeness (QED) is 0.328. The van der Waals surface area contributed by atoms with E-state index in [0.717, 1.165) is 0 Å². The zero-order valence-electron chi connectivity index (χ0n) is 19.9. The van der Waals surface area contributed by atoms with Crippen molar-refractivity contribution in [3.63, 3.8) is 0 Å². The van der Waals surface area contributed by atoms with Crippen molar-refractivity contribution in [2.45, 2.75) is 69.3 Å². The maximum Gasteiger partial charge on any atom is 0.198 e. The lowest BCUT2D eigenvalue weighted by Gasteiger charge is -2.42. The van der Waals surface area contributed by atoms with Gasteiger partial charge < -0.3 is 36.3 Å². The van der Waals surface area contributed by atoms with Crippen LogP contribution in [-0.4, -0.2) is 62.7 Å². The molecule has 2 aliphatic carbocycles. The lowest BCUT2D eigenvalue weighted by molar-refractivity contribution is -0.243. The van der Waals surface area contributed by atoms with E-state index in [1.807, 2.05) is 0 Å². The van der Waals surface area contributed by atoms with Gasteiger partial charge in [0.1, 0.15) is 17.3 Å². The first-order valence-electron chi connectivity index (χ1n) is 11.8. The van der Waals surface area contributed by atoms with Gasteiger partial charge in [0.25, 0.3) is 0 Å². The first-order valence-corrected chi connectivity index (χ1v) is 11.8. The molecule has 10 heteroatoms. The molecule has 0 amide bonds. The van der Waals surface area contributed by atoms with Crippen molar-refractivity contribution in [2.75, 3.05) is 0 Å². The lowest BCUT2D eigenvalue weighted by atomic mass is 9.71. The molecule has 1 saturated heterocycles. The molecule has 10 nitrogen and oxygen atoms in total. The number of hydrogen-bond donors (Lipinski definition) is 5. The van der Waals surface area contributed by atoms with E-state index in [1.54, 1.807) is 19.1 Å². The van der Waals surface area contributed by atoms with Crippen LogP contribution in [0.25, 0.3) is 0 Å². The molecule has 0 saturated carbocycles. The van der Waals surface area contributed by atoms with Gasteiger partial charge in [-0.3, -0.25) is 14.4 Å². The number of aliphatic hydroxyl groups is 1. The molecule has 2 aromatic carbocycles. The molecule has 7 N–H and O–H groups in total. The summed E-state index contributed by atoms with van der Waals surface area (Å²) >= 11 is 0. The van der Waals surface area contributed by atoms with Gasteiger partial charge in [-0.1, -0.05) is 24.3 Å². The Bertz CT molecular complexity index is 1300. The zero-order valence-corrected chi connectivity index (χ0v) is 19.9. The van der Waals surface area contributed by atoms with Crippen molar-refractivity contribution in [3.05, 3.63) is 57.6 Å². The summed E-state index contributed by atoms with van der Waals surface area (Å²) < 4.78 is 11.9. The van der Waals surface area contributed by atoms with Gasteiger partial charge in [0.05, 0.1) is 35.0 Å². The average molecular weight is 497 g/mol. The van der Waals surface area contributed by atoms with Gasteiger partial charge >= 0.3 is 0 Å². The molecular formula is C26H28N2O8. The number of phenolic OH excluding ortho intramolecular Hbond substituents is 2. The number of benzene rings is 2. The molecule has 5 rings (SSSR count). The fourth-order valence-electron chi connectivity index (χ4n) is 5.47. The summed E-state index contributed by atoms with van der Waals surface area (Å²) in [6, 6.07) is 5.51. The number of phenols is 2. The van der Waals surface area contributed by atoms with Crippen LogP contribution in [0.5, 0.6) is 11.5 Å². The molecule has 1 heterocycles. The van der Waals surface area contributed by atoms with Gasteiger partial charge in [-0.2, -0.15) is 0 Å². The monoisotopic (exact) mass is 496 g/mol. The molecule has 190 valence electrons. The second-order valence-electron chi connectivity index (χ2n) is 9.92. The number of nitrogens with two attached hydrogens (primary N) is 2. The lowest BCUT2D eigenvalue weighted by Crippen LogP contribution is -2.54. The largest absolute Gasteiger partial charge is 0.507 e. The van der Waals surface area contributed by atoms with Crippen LogP contribution >= 0.6 is 0 Å². The third-order valence-electron chi connectivity index (χ3n) is 7.59. The number of carbonyl (C=O) groups is 3. The number of aromatic hydroxyl groups is 2. The third kappa shape index (κ3) is 3.56. The maximum atomic E-state index is 13.4. The summed E-state index contributed by atoms with van der Waals surface area (Å²) in [5, 5.41) is 32.8. The van der Waals surface area contributed by atoms with Crippen LogP contribution in [0, 0.1) is 0 Å². The first kappa shape index (κ1) is 24.5. The molecule has 0 radical (unpaired) electrons. The Morgan fingerprint density at radius 2 is 1.69 bits per heavy atom. The number of rotatable bonds is 3. The maximum absolute atomic E-state index is 13.4. The molecule has 2 aromatic rings. The topological polar surface area (TPSA) is 182 Å². The second kappa shape index (κ2) is 8.46. The number of aliphatic hydroxyl groups excluding tert-OH is 1. The van der Waals surface area contributed by atoms with Gasteiger partial charge in [0, 0.05) is 47.6 Å². The van der Waals surface area contributed by atoms with E-state index in [4.69, 9.17) is 20.9 Å². The summed E-state index contributed by atoms with van der Waals surface area (Å²) in [5.74, 6) is -2.63. The van der Waals surface area contributed by atoms with E-state index < -0.39 is 59.2 Å². The fraction of sp³-hybridized carbons (Fsp3) is 0.423. The number of ether oxygens (including phenoxy) is 2. The molecule has 1 fully saturated rings. The van der Waals surface area contributed by atoms with Crippen LogP contribution in [0.2, 0.25) is 0 Å². The zero-order chi connectivity index (χ0) is 26.1. The van der Waals surface area contributed by atoms with Crippen molar-refractivity contribution in [3.8, 4) is 11.5 Å². The molecular weight excluding hydrogens is 468 g/mol. The summed E-state index contributed by atoms with van der Waals surface area (Å²) in [7, 11) is 0. The van der Waals surface area contributed by atoms with E-state index >= 15 is 0 Å². The normalized spacial score (nSPS) is 31.4. The Morgan fingerprint density at radius 3 is 2.25 bits per heavy atom. The summed E-state index contributed by atoms with van der Waals surface area (Å²) in [6.45, 7) is 2.95. The minimum absolute atomic E-state index is 0.0638. The van der Waals surface area contributed by atoms with Crippen LogP contribution < -0.4 is 11.5 Å². The summed E-state index contributed by atoms with van der Waals surface area (Å²) in [6.07, 6.45) is -3.66. The standard InChI is InChI=1S/C26H28N2O8/c1-10-21(30)15(27)7-17(35-10)36-16-9-26(28,11(2)29)8-14-18(16)25(34)20-19(24(14)33)22(31)12-5-3-4-6-13(12)23(20)32/h3-6,10,15-17,21,30,33-34H,7-9,27-28H2,1-2H3/t10-,15+,16?,17+,21+,26?/m1/s1. The predicted octanol–water partition coefficient (Wildman–Crippen LogP) is 0.987. The molecule has 6 atom stereocenters. The minimum Gasteiger partial charge on any atom is -0.507 e. The van der Waals surface area contributed by atoms with Gasteiger partial charge in [0.15, 0.2) is 17.9 Å². The number of carbonyl (C=O) groups excluding carboxylic acids is 3. The molecule has 3 aliphatic rings. The van der Waals surface area contributed by atoms with Crippen LogP contribution in [0.1, 0.15) is 75.8 Å². The van der Waals surface area contributed by atoms with E-state index in [0.29, 0.717) is 0 Å². The van der Waals surface area contributed by atoms with Crippen LogP contribution in [0.15, 0.2) is 24.3 Å². The second-order valence-corrected chi connectivity index (χ2v) is 9.92. The van der Waals surface area contributed by atoms with E-state index in [9.17, 15) is 29.7 Å². The Kier molecular flexibility index (Phi) is 5.77. The van der Waals surface area contributed by atoms with Gasteiger partial charge in [-0.15, -0.1) is 0 Å². The highest BCUT2D eigenvalue weighted by Gasteiger charge is 2.48. The Morgan fingerprint density at radius 1 is 1.11 bits per heavy atom. The van der Waals surface area contributed by atoms with Gasteiger partial charge in [-0.05, 0) is 13.8 Å². The van der Waals surface area contributed by atoms with Crippen LogP contribution in [0.4, 0.5) is 0 Å². The van der Waals surface area contributed by atoms with Crippen molar-refractivity contribution < 1.29 is 39.2 Å². The molecule has 0 spiro atoms. The first-order chi connectivity index (χ1) is 16.9.